The molecule has 0 aliphatic rings. The van der Waals surface area contributed by atoms with Crippen molar-refractivity contribution >= 4 is 16.5 Å². The average molecular weight is 241 g/mol. The third-order valence-electron chi connectivity index (χ3n) is 3.07. The normalized spacial score (nSPS) is 11.6. The van der Waals surface area contributed by atoms with Gasteiger partial charge >= 0.3 is 0 Å². The number of nitrogens with zero attached hydrogens (tertiary/aromatic N) is 2. The Morgan fingerprint density at radius 2 is 2.06 bits per heavy atom. The number of thiazole rings is 1. The zero-order chi connectivity index (χ0) is 12.0. The number of aromatic nitrogens is 1. The molecule has 1 aromatic heterocycles. The van der Waals surface area contributed by atoms with E-state index in [4.69, 9.17) is 5.73 Å². The molecule has 0 aliphatic heterocycles. The highest BCUT2D eigenvalue weighted by Crippen LogP contribution is 2.18. The van der Waals surface area contributed by atoms with E-state index in [2.05, 4.69) is 30.7 Å². The van der Waals surface area contributed by atoms with E-state index < -0.39 is 0 Å². The summed E-state index contributed by atoms with van der Waals surface area (Å²) in [5.41, 5.74) is 5.64. The lowest BCUT2D eigenvalue weighted by atomic mass is 10.0. The Hall–Kier alpha value is -0.610. The first-order valence-corrected chi connectivity index (χ1v) is 6.93. The summed E-state index contributed by atoms with van der Waals surface area (Å²) in [4.78, 5) is 7.84. The van der Waals surface area contributed by atoms with Crippen LogP contribution in [0, 0.1) is 5.92 Å². The molecule has 1 heterocycles. The Labute approximate surface area is 103 Å². The predicted molar refractivity (Wildman–Crippen MR) is 71.5 cm³/mol. The van der Waals surface area contributed by atoms with Gasteiger partial charge in [-0.25, -0.2) is 4.98 Å². The van der Waals surface area contributed by atoms with Crippen LogP contribution >= 0.6 is 11.3 Å². The maximum Gasteiger partial charge on any atom is 0.180 e. The van der Waals surface area contributed by atoms with Crippen molar-refractivity contribution in [3.05, 3.63) is 11.1 Å². The van der Waals surface area contributed by atoms with Gasteiger partial charge in [-0.05, 0) is 12.5 Å². The minimum absolute atomic E-state index is 0.675. The largest absolute Gasteiger partial charge is 0.375 e. The van der Waals surface area contributed by atoms with Gasteiger partial charge in [-0.15, -0.1) is 11.3 Å². The van der Waals surface area contributed by atoms with Crippen molar-refractivity contribution in [2.24, 2.45) is 5.92 Å². The number of anilines is 1. The molecule has 1 rings (SSSR count). The molecule has 2 N–H and O–H groups in total. The summed E-state index contributed by atoms with van der Waals surface area (Å²) in [6.07, 6.45) is 4.42. The highest BCUT2D eigenvalue weighted by molar-refractivity contribution is 7.15. The Morgan fingerprint density at radius 3 is 2.50 bits per heavy atom. The topological polar surface area (TPSA) is 42.2 Å². The summed E-state index contributed by atoms with van der Waals surface area (Å²) < 4.78 is 0. The van der Waals surface area contributed by atoms with Gasteiger partial charge in [0.25, 0.3) is 0 Å². The van der Waals surface area contributed by atoms with E-state index in [9.17, 15) is 0 Å². The van der Waals surface area contributed by atoms with Gasteiger partial charge in [0.2, 0.25) is 0 Å². The van der Waals surface area contributed by atoms with Gasteiger partial charge < -0.3 is 5.73 Å². The summed E-state index contributed by atoms with van der Waals surface area (Å²) in [6, 6.07) is 0. The molecule has 0 bridgehead atoms. The molecule has 3 nitrogen and oxygen atoms in total. The van der Waals surface area contributed by atoms with Crippen LogP contribution in [0.2, 0.25) is 0 Å². The van der Waals surface area contributed by atoms with E-state index in [-0.39, 0.29) is 0 Å². The van der Waals surface area contributed by atoms with Crippen molar-refractivity contribution in [3.8, 4) is 0 Å². The monoisotopic (exact) mass is 241 g/mol. The van der Waals surface area contributed by atoms with Gasteiger partial charge in [0, 0.05) is 24.2 Å². The van der Waals surface area contributed by atoms with Crippen LogP contribution < -0.4 is 5.73 Å². The second-order valence-electron chi connectivity index (χ2n) is 4.18. The minimum Gasteiger partial charge on any atom is -0.375 e. The van der Waals surface area contributed by atoms with Crippen LogP contribution in [0.15, 0.2) is 6.20 Å². The van der Waals surface area contributed by atoms with Crippen molar-refractivity contribution in [2.45, 2.75) is 40.2 Å². The lowest BCUT2D eigenvalue weighted by Crippen LogP contribution is -2.28. The standard InChI is InChI=1S/C12H23N3S/c1-4-10(5-2)8-15(6-3)9-11-7-14-12(13)16-11/h7,10H,4-6,8-9H2,1-3H3,(H2,13,14). The Kier molecular flexibility index (Phi) is 5.77. The van der Waals surface area contributed by atoms with Gasteiger partial charge in [-0.3, -0.25) is 4.90 Å². The second-order valence-corrected chi connectivity index (χ2v) is 5.32. The molecule has 0 unspecified atom stereocenters. The molecule has 0 spiro atoms. The summed E-state index contributed by atoms with van der Waals surface area (Å²) >= 11 is 1.60. The first-order valence-electron chi connectivity index (χ1n) is 6.12. The van der Waals surface area contributed by atoms with Crippen LogP contribution in [-0.2, 0) is 6.54 Å². The Bertz CT molecular complexity index is 294. The van der Waals surface area contributed by atoms with Gasteiger partial charge in [-0.1, -0.05) is 33.6 Å². The van der Waals surface area contributed by atoms with E-state index in [1.165, 1.54) is 24.3 Å². The van der Waals surface area contributed by atoms with Crippen molar-refractivity contribution < 1.29 is 0 Å². The van der Waals surface area contributed by atoms with Crippen LogP contribution in [0.25, 0.3) is 0 Å². The van der Waals surface area contributed by atoms with E-state index in [0.29, 0.717) is 5.13 Å². The SMILES string of the molecule is CCC(CC)CN(CC)Cc1cnc(N)s1. The van der Waals surface area contributed by atoms with Crippen LogP contribution in [0.4, 0.5) is 5.13 Å². The highest BCUT2D eigenvalue weighted by Gasteiger charge is 2.11. The van der Waals surface area contributed by atoms with Gasteiger partial charge in [0.05, 0.1) is 0 Å². The number of rotatable bonds is 7. The van der Waals surface area contributed by atoms with Crippen molar-refractivity contribution in [2.75, 3.05) is 18.8 Å². The predicted octanol–water partition coefficient (Wildman–Crippen LogP) is 2.98. The maximum atomic E-state index is 5.64. The zero-order valence-corrected chi connectivity index (χ0v) is 11.4. The van der Waals surface area contributed by atoms with Crippen LogP contribution in [0.3, 0.4) is 0 Å². The van der Waals surface area contributed by atoms with E-state index in [1.807, 2.05) is 6.20 Å². The van der Waals surface area contributed by atoms with Gasteiger partial charge in [-0.2, -0.15) is 0 Å². The van der Waals surface area contributed by atoms with E-state index in [0.717, 1.165) is 19.0 Å². The molecule has 0 amide bonds. The van der Waals surface area contributed by atoms with Crippen LogP contribution in [-0.4, -0.2) is 23.0 Å². The Morgan fingerprint density at radius 1 is 1.38 bits per heavy atom. The average Bonchev–Trinajstić information content (AvgIpc) is 2.70. The van der Waals surface area contributed by atoms with Gasteiger partial charge in [0.15, 0.2) is 5.13 Å². The fraction of sp³-hybridized carbons (Fsp3) is 0.750. The van der Waals surface area contributed by atoms with E-state index in [1.54, 1.807) is 11.3 Å². The molecule has 0 saturated carbocycles. The molecule has 1 aromatic rings. The van der Waals surface area contributed by atoms with Crippen LogP contribution in [0.1, 0.15) is 38.5 Å². The molecule has 0 atom stereocenters. The summed E-state index contributed by atoms with van der Waals surface area (Å²) in [7, 11) is 0. The third kappa shape index (κ3) is 4.10. The zero-order valence-electron chi connectivity index (χ0n) is 10.6. The van der Waals surface area contributed by atoms with Crippen LogP contribution in [0.5, 0.6) is 0 Å². The van der Waals surface area contributed by atoms with E-state index >= 15 is 0 Å². The minimum atomic E-state index is 0.675. The molecule has 0 saturated heterocycles. The van der Waals surface area contributed by atoms with Crippen molar-refractivity contribution in [1.29, 1.82) is 0 Å². The first-order chi connectivity index (χ1) is 7.69. The smallest absolute Gasteiger partial charge is 0.180 e. The number of hydrogen-bond acceptors (Lipinski definition) is 4. The first kappa shape index (κ1) is 13.5. The number of nitrogen functional groups attached to an aromatic ring is 1. The molecule has 0 fully saturated rings. The highest BCUT2D eigenvalue weighted by atomic mass is 32.1. The molecule has 16 heavy (non-hydrogen) atoms. The fourth-order valence-corrected chi connectivity index (χ4v) is 2.56. The molecule has 0 aromatic carbocycles. The quantitative estimate of drug-likeness (QED) is 0.798. The molecular formula is C12H23N3S. The molecule has 4 heteroatoms. The molecule has 0 radical (unpaired) electrons. The second kappa shape index (κ2) is 6.86. The molecule has 92 valence electrons. The fourth-order valence-electron chi connectivity index (χ4n) is 1.83. The number of hydrogen-bond donors (Lipinski definition) is 1. The number of nitrogens with two attached hydrogens (primary N) is 1. The van der Waals surface area contributed by atoms with Crippen molar-refractivity contribution in [1.82, 2.24) is 9.88 Å². The third-order valence-corrected chi connectivity index (χ3v) is 3.88. The summed E-state index contributed by atoms with van der Waals surface area (Å²) in [6.45, 7) is 10.0. The summed E-state index contributed by atoms with van der Waals surface area (Å²) in [5, 5.41) is 0.675. The Balaban J connectivity index is 2.48. The lowest BCUT2D eigenvalue weighted by Gasteiger charge is -2.24. The van der Waals surface area contributed by atoms with Crippen molar-refractivity contribution in [3.63, 3.8) is 0 Å². The lowest BCUT2D eigenvalue weighted by molar-refractivity contribution is 0.228. The molecular weight excluding hydrogens is 218 g/mol. The summed E-state index contributed by atoms with van der Waals surface area (Å²) in [5.74, 6) is 0.810. The van der Waals surface area contributed by atoms with Gasteiger partial charge in [0.1, 0.15) is 0 Å². The maximum absolute atomic E-state index is 5.64. The molecule has 0 aliphatic carbocycles.